The number of hydrogen-bond donors (Lipinski definition) is 0. The van der Waals surface area contributed by atoms with Crippen LogP contribution in [0.25, 0.3) is 65.7 Å². The Morgan fingerprint density at radius 3 is 1.17 bits per heavy atom. The molecule has 0 atom stereocenters. The Balaban J connectivity index is 1.16. The summed E-state index contributed by atoms with van der Waals surface area (Å²) in [5.41, 5.74) is 14.9. The van der Waals surface area contributed by atoms with Crippen LogP contribution in [0, 0.1) is 0 Å². The third kappa shape index (κ3) is 4.95. The van der Waals surface area contributed by atoms with E-state index in [1.165, 1.54) is 99.1 Å². The summed E-state index contributed by atoms with van der Waals surface area (Å²) in [6.07, 6.45) is 0. The molecule has 0 radical (unpaired) electrons. The van der Waals surface area contributed by atoms with Crippen LogP contribution in [-0.2, 0) is 10.8 Å². The lowest BCUT2D eigenvalue weighted by molar-refractivity contribution is 0.661. The maximum atomic E-state index is 2.52. The van der Waals surface area contributed by atoms with Gasteiger partial charge < -0.3 is 0 Å². The van der Waals surface area contributed by atoms with Crippen LogP contribution in [0.1, 0.15) is 47.2 Å². The molecule has 0 saturated heterocycles. The summed E-state index contributed by atoms with van der Waals surface area (Å²) < 4.78 is 0. The van der Waals surface area contributed by atoms with E-state index in [0.29, 0.717) is 0 Å². The summed E-state index contributed by atoms with van der Waals surface area (Å²) in [4.78, 5) is 0. The first-order chi connectivity index (χ1) is 28.6. The van der Waals surface area contributed by atoms with Gasteiger partial charge in [0, 0.05) is 5.41 Å². The normalized spacial score (nSPS) is 13.1. The molecule has 11 rings (SSSR count). The van der Waals surface area contributed by atoms with Crippen molar-refractivity contribution in [3.63, 3.8) is 0 Å². The van der Waals surface area contributed by atoms with Crippen LogP contribution in [-0.4, -0.2) is 0 Å². The molecule has 10 aromatic carbocycles. The van der Waals surface area contributed by atoms with Crippen LogP contribution in [0.3, 0.4) is 0 Å². The zero-order valence-corrected chi connectivity index (χ0v) is 32.8. The van der Waals surface area contributed by atoms with Gasteiger partial charge in [-0.3, -0.25) is 0 Å². The Bertz CT molecular complexity index is 3000. The fourth-order valence-electron chi connectivity index (χ4n) is 10.4. The van der Waals surface area contributed by atoms with Gasteiger partial charge in [0.2, 0.25) is 0 Å². The van der Waals surface area contributed by atoms with Gasteiger partial charge in [-0.15, -0.1) is 0 Å². The maximum Gasteiger partial charge on any atom is 0.0701 e. The predicted octanol–water partition coefficient (Wildman–Crippen LogP) is 15.2. The minimum absolute atomic E-state index is 0.119. The lowest BCUT2D eigenvalue weighted by atomic mass is 9.65. The van der Waals surface area contributed by atoms with Crippen molar-refractivity contribution in [1.29, 1.82) is 0 Å². The average Bonchev–Trinajstić information content (AvgIpc) is 3.52. The first-order valence-electron chi connectivity index (χ1n) is 20.4. The highest BCUT2D eigenvalue weighted by Gasteiger charge is 2.39. The summed E-state index contributed by atoms with van der Waals surface area (Å²) in [5, 5.41) is 7.67. The number of fused-ring (bicyclic) bond motifs is 7. The van der Waals surface area contributed by atoms with E-state index in [1.807, 2.05) is 0 Å². The van der Waals surface area contributed by atoms with Gasteiger partial charge in [-0.25, -0.2) is 0 Å². The molecule has 0 saturated carbocycles. The first kappa shape index (κ1) is 34.2. The van der Waals surface area contributed by atoms with Gasteiger partial charge in [0.25, 0.3) is 0 Å². The minimum atomic E-state index is -0.502. The summed E-state index contributed by atoms with van der Waals surface area (Å²) >= 11 is 0. The molecule has 0 nitrogen and oxygen atoms in total. The molecule has 0 bridgehead atoms. The highest BCUT2D eigenvalue weighted by Crippen LogP contribution is 2.55. The third-order valence-electron chi connectivity index (χ3n) is 13.0. The van der Waals surface area contributed by atoms with Crippen LogP contribution in [0.5, 0.6) is 0 Å². The highest BCUT2D eigenvalue weighted by molar-refractivity contribution is 6.24. The fraction of sp³-hybridized carbons (Fsp3) is 0.0690. The van der Waals surface area contributed by atoms with Crippen molar-refractivity contribution in [1.82, 2.24) is 0 Å². The summed E-state index contributed by atoms with van der Waals surface area (Å²) in [6, 6.07) is 81.1. The van der Waals surface area contributed by atoms with E-state index in [1.54, 1.807) is 0 Å². The van der Waals surface area contributed by atoms with E-state index in [2.05, 4.69) is 232 Å². The summed E-state index contributed by atoms with van der Waals surface area (Å²) in [6.45, 7) is 4.78. The fourth-order valence-corrected chi connectivity index (χ4v) is 10.4. The van der Waals surface area contributed by atoms with Gasteiger partial charge in [-0.2, -0.15) is 0 Å². The van der Waals surface area contributed by atoms with Crippen molar-refractivity contribution in [3.05, 3.63) is 252 Å². The van der Waals surface area contributed by atoms with Gasteiger partial charge in [0.1, 0.15) is 0 Å². The second-order valence-corrected chi connectivity index (χ2v) is 16.3. The van der Waals surface area contributed by atoms with Gasteiger partial charge in [-0.1, -0.05) is 226 Å². The smallest absolute Gasteiger partial charge is 0.0622 e. The van der Waals surface area contributed by atoms with Gasteiger partial charge in [0.15, 0.2) is 0 Å². The van der Waals surface area contributed by atoms with Crippen LogP contribution < -0.4 is 0 Å². The number of benzene rings is 10. The third-order valence-corrected chi connectivity index (χ3v) is 13.0. The van der Waals surface area contributed by atoms with Crippen LogP contribution in [0.15, 0.2) is 218 Å². The largest absolute Gasteiger partial charge is 0.0701 e. The molecule has 0 aromatic heterocycles. The molecule has 1 aliphatic rings. The van der Waals surface area contributed by atoms with Gasteiger partial charge in [-0.05, 0) is 105 Å². The topological polar surface area (TPSA) is 0 Å². The second-order valence-electron chi connectivity index (χ2n) is 16.3. The molecule has 274 valence electrons. The van der Waals surface area contributed by atoms with E-state index in [4.69, 9.17) is 0 Å². The second kappa shape index (κ2) is 13.3. The molecule has 10 aromatic rings. The van der Waals surface area contributed by atoms with E-state index in [0.717, 1.165) is 0 Å². The molecule has 0 amide bonds. The molecule has 0 N–H and O–H groups in total. The lowest BCUT2D eigenvalue weighted by Gasteiger charge is -2.37. The zero-order chi connectivity index (χ0) is 38.8. The standard InChI is InChI=1S/C58H42/c1-57(2)52-33-19-18-32-50(52)56-45-27-13-12-26-44(45)51(38-53(56)57)55-48-30-16-14-28-46(48)54(47-29-15-17-31-49(47)55)39-34-36-43(37-35-39)58(40-20-6-3-7-21-40,41-22-8-4-9-23-41)42-24-10-5-11-25-42/h3-38H,1-2H3. The minimum Gasteiger partial charge on any atom is -0.0622 e. The highest BCUT2D eigenvalue weighted by atomic mass is 14.4. The zero-order valence-electron chi connectivity index (χ0n) is 32.8. The van der Waals surface area contributed by atoms with Crippen molar-refractivity contribution in [2.24, 2.45) is 0 Å². The molecular weight excluding hydrogens is 697 g/mol. The molecule has 0 aliphatic heterocycles. The molecule has 0 heterocycles. The Morgan fingerprint density at radius 2 is 0.672 bits per heavy atom. The first-order valence-corrected chi connectivity index (χ1v) is 20.4. The SMILES string of the molecule is CC1(C)c2ccccc2-c2c1cc(-c1c3ccccc3c(-c3ccc(C(c4ccccc4)(c4ccccc4)c4ccccc4)cc3)c3ccccc13)c1ccccc21. The number of hydrogen-bond acceptors (Lipinski definition) is 0. The number of rotatable bonds is 6. The van der Waals surface area contributed by atoms with E-state index >= 15 is 0 Å². The van der Waals surface area contributed by atoms with Crippen molar-refractivity contribution in [2.45, 2.75) is 24.7 Å². The Kier molecular flexibility index (Phi) is 7.85. The molecule has 0 unspecified atom stereocenters. The monoisotopic (exact) mass is 738 g/mol. The van der Waals surface area contributed by atoms with Crippen LogP contribution in [0.2, 0.25) is 0 Å². The summed E-state index contributed by atoms with van der Waals surface area (Å²) in [5.74, 6) is 0. The quantitative estimate of drug-likeness (QED) is 0.118. The predicted molar refractivity (Wildman–Crippen MR) is 246 cm³/mol. The summed E-state index contributed by atoms with van der Waals surface area (Å²) in [7, 11) is 0. The Hall–Kier alpha value is -7.02. The van der Waals surface area contributed by atoms with Crippen molar-refractivity contribution >= 4 is 32.3 Å². The molecule has 0 fully saturated rings. The van der Waals surface area contributed by atoms with E-state index in [9.17, 15) is 0 Å². The van der Waals surface area contributed by atoms with Crippen molar-refractivity contribution < 1.29 is 0 Å². The maximum absolute atomic E-state index is 2.52. The lowest BCUT2D eigenvalue weighted by Crippen LogP contribution is -2.30. The van der Waals surface area contributed by atoms with Gasteiger partial charge >= 0.3 is 0 Å². The average molecular weight is 739 g/mol. The van der Waals surface area contributed by atoms with E-state index in [-0.39, 0.29) is 5.41 Å². The molecule has 0 spiro atoms. The molecule has 58 heavy (non-hydrogen) atoms. The Morgan fingerprint density at radius 1 is 0.293 bits per heavy atom. The van der Waals surface area contributed by atoms with Crippen molar-refractivity contribution in [2.75, 3.05) is 0 Å². The van der Waals surface area contributed by atoms with E-state index < -0.39 is 5.41 Å². The molecule has 1 aliphatic carbocycles. The Labute approximate surface area is 340 Å². The molecule has 0 heteroatoms. The van der Waals surface area contributed by atoms with Crippen LogP contribution >= 0.6 is 0 Å². The van der Waals surface area contributed by atoms with Crippen LogP contribution in [0.4, 0.5) is 0 Å². The van der Waals surface area contributed by atoms with Gasteiger partial charge in [0.05, 0.1) is 5.41 Å². The van der Waals surface area contributed by atoms with Crippen molar-refractivity contribution in [3.8, 4) is 33.4 Å². The molecular formula is C58H42.